The maximum absolute atomic E-state index is 11.7. The minimum absolute atomic E-state index is 0.0816. The zero-order chi connectivity index (χ0) is 21.6. The molecule has 0 amide bonds. The predicted molar refractivity (Wildman–Crippen MR) is 111 cm³/mol. The first-order chi connectivity index (χ1) is 15.1. The zero-order valence-corrected chi connectivity index (χ0v) is 17.1. The molecule has 0 bridgehead atoms. The standard InChI is InChI=1S/C23H21N3O5/c1-15(27)13-20(21-11-12-30-25-21)16-3-9-19(10-4-16)29-14-22-24-23(31-26-22)17-5-7-18(28-2)8-6-17/h3-12,20H,13-14H2,1-2H3/t20-/m0/s1. The highest BCUT2D eigenvalue weighted by Crippen LogP contribution is 2.29. The lowest BCUT2D eigenvalue weighted by atomic mass is 9.91. The van der Waals surface area contributed by atoms with E-state index in [0.717, 1.165) is 22.6 Å². The summed E-state index contributed by atoms with van der Waals surface area (Å²) < 4.78 is 21.2. The van der Waals surface area contributed by atoms with Gasteiger partial charge in [0.15, 0.2) is 6.61 Å². The highest BCUT2D eigenvalue weighted by molar-refractivity contribution is 5.77. The van der Waals surface area contributed by atoms with Gasteiger partial charge in [-0.3, -0.25) is 4.79 Å². The molecule has 0 aliphatic carbocycles. The summed E-state index contributed by atoms with van der Waals surface area (Å²) in [5.41, 5.74) is 2.48. The van der Waals surface area contributed by atoms with E-state index in [9.17, 15) is 4.79 Å². The number of ether oxygens (including phenoxy) is 2. The molecule has 0 aliphatic heterocycles. The van der Waals surface area contributed by atoms with Gasteiger partial charge >= 0.3 is 0 Å². The van der Waals surface area contributed by atoms with Crippen molar-refractivity contribution in [3.8, 4) is 23.0 Å². The van der Waals surface area contributed by atoms with Crippen LogP contribution < -0.4 is 9.47 Å². The van der Waals surface area contributed by atoms with Crippen molar-refractivity contribution in [1.82, 2.24) is 15.3 Å². The molecule has 0 N–H and O–H groups in total. The topological polar surface area (TPSA) is 100 Å². The van der Waals surface area contributed by atoms with E-state index in [1.807, 2.05) is 48.5 Å². The Hall–Kier alpha value is -3.94. The zero-order valence-electron chi connectivity index (χ0n) is 17.1. The maximum atomic E-state index is 11.7. The van der Waals surface area contributed by atoms with Gasteiger partial charge in [-0.1, -0.05) is 22.4 Å². The lowest BCUT2D eigenvalue weighted by Gasteiger charge is -2.13. The van der Waals surface area contributed by atoms with Crippen molar-refractivity contribution in [2.45, 2.75) is 25.9 Å². The minimum Gasteiger partial charge on any atom is -0.497 e. The van der Waals surface area contributed by atoms with Gasteiger partial charge in [0, 0.05) is 24.0 Å². The van der Waals surface area contributed by atoms with Gasteiger partial charge in [0.25, 0.3) is 5.89 Å². The molecule has 0 aliphatic rings. The first-order valence-electron chi connectivity index (χ1n) is 9.72. The molecule has 8 heteroatoms. The van der Waals surface area contributed by atoms with Crippen molar-refractivity contribution >= 4 is 5.78 Å². The lowest BCUT2D eigenvalue weighted by molar-refractivity contribution is -0.117. The lowest BCUT2D eigenvalue weighted by Crippen LogP contribution is -2.06. The third-order valence-corrected chi connectivity index (χ3v) is 4.76. The second-order valence-corrected chi connectivity index (χ2v) is 6.99. The number of carbonyl (C=O) groups excluding carboxylic acids is 1. The van der Waals surface area contributed by atoms with Crippen LogP contribution >= 0.6 is 0 Å². The van der Waals surface area contributed by atoms with Crippen LogP contribution in [0.1, 0.15) is 36.3 Å². The van der Waals surface area contributed by atoms with Crippen LogP contribution in [0, 0.1) is 0 Å². The third-order valence-electron chi connectivity index (χ3n) is 4.76. The molecule has 0 saturated carbocycles. The molecule has 0 radical (unpaired) electrons. The first kappa shape index (κ1) is 20.3. The van der Waals surface area contributed by atoms with Crippen molar-refractivity contribution in [3.63, 3.8) is 0 Å². The molecule has 0 fully saturated rings. The molecule has 31 heavy (non-hydrogen) atoms. The quantitative estimate of drug-likeness (QED) is 0.393. The number of benzene rings is 2. The number of Topliss-reactive ketones (excluding diaryl/α,β-unsaturated/α-hetero) is 1. The maximum Gasteiger partial charge on any atom is 0.258 e. The fourth-order valence-corrected chi connectivity index (χ4v) is 3.19. The van der Waals surface area contributed by atoms with Crippen LogP contribution in [-0.4, -0.2) is 28.2 Å². The molecule has 4 rings (SSSR count). The largest absolute Gasteiger partial charge is 0.497 e. The van der Waals surface area contributed by atoms with Gasteiger partial charge in [-0.2, -0.15) is 4.98 Å². The Bertz CT molecular complexity index is 1120. The van der Waals surface area contributed by atoms with Gasteiger partial charge in [0.2, 0.25) is 5.82 Å². The van der Waals surface area contributed by atoms with Crippen LogP contribution in [0.25, 0.3) is 11.5 Å². The van der Waals surface area contributed by atoms with Crippen molar-refractivity contribution in [2.24, 2.45) is 0 Å². The van der Waals surface area contributed by atoms with Crippen molar-refractivity contribution in [1.29, 1.82) is 0 Å². The Balaban J connectivity index is 1.40. The van der Waals surface area contributed by atoms with Gasteiger partial charge in [-0.15, -0.1) is 0 Å². The Morgan fingerprint density at radius 1 is 1.00 bits per heavy atom. The number of ketones is 1. The van der Waals surface area contributed by atoms with Crippen molar-refractivity contribution in [2.75, 3.05) is 7.11 Å². The van der Waals surface area contributed by atoms with Crippen LogP contribution in [0.4, 0.5) is 0 Å². The average Bonchev–Trinajstić information content (AvgIpc) is 3.49. The molecule has 0 unspecified atom stereocenters. The van der Waals surface area contributed by atoms with E-state index in [-0.39, 0.29) is 18.3 Å². The third kappa shape index (κ3) is 4.98. The molecule has 0 spiro atoms. The van der Waals surface area contributed by atoms with Crippen LogP contribution in [0.3, 0.4) is 0 Å². The summed E-state index contributed by atoms with van der Waals surface area (Å²) in [6.45, 7) is 1.73. The summed E-state index contributed by atoms with van der Waals surface area (Å²) in [4.78, 5) is 16.0. The van der Waals surface area contributed by atoms with E-state index < -0.39 is 0 Å². The number of hydrogen-bond acceptors (Lipinski definition) is 8. The Labute approximate surface area is 178 Å². The minimum atomic E-state index is -0.158. The monoisotopic (exact) mass is 419 g/mol. The molecule has 2 aromatic heterocycles. The van der Waals surface area contributed by atoms with E-state index in [4.69, 9.17) is 18.5 Å². The van der Waals surface area contributed by atoms with Crippen LogP contribution in [0.15, 0.2) is 69.9 Å². The number of nitrogens with zero attached hydrogens (tertiary/aromatic N) is 3. The van der Waals surface area contributed by atoms with Crippen LogP contribution in [-0.2, 0) is 11.4 Å². The number of carbonyl (C=O) groups is 1. The summed E-state index contributed by atoms with van der Waals surface area (Å²) in [7, 11) is 1.61. The normalized spacial score (nSPS) is 11.8. The molecular weight excluding hydrogens is 398 g/mol. The van der Waals surface area contributed by atoms with Crippen LogP contribution in [0.5, 0.6) is 11.5 Å². The van der Waals surface area contributed by atoms with E-state index in [2.05, 4.69) is 15.3 Å². The van der Waals surface area contributed by atoms with E-state index in [0.29, 0.717) is 23.9 Å². The first-order valence-corrected chi connectivity index (χ1v) is 9.72. The summed E-state index contributed by atoms with van der Waals surface area (Å²) >= 11 is 0. The Morgan fingerprint density at radius 3 is 2.39 bits per heavy atom. The molecule has 0 saturated heterocycles. The molecule has 1 atom stereocenters. The molecule has 8 nitrogen and oxygen atoms in total. The Morgan fingerprint density at radius 2 is 1.74 bits per heavy atom. The highest BCUT2D eigenvalue weighted by Gasteiger charge is 2.19. The SMILES string of the molecule is COc1ccc(-c2nc(COc3ccc([C@H](CC(C)=O)c4ccon4)cc3)no2)cc1. The molecule has 158 valence electrons. The van der Waals surface area contributed by atoms with E-state index in [1.54, 1.807) is 20.1 Å². The summed E-state index contributed by atoms with van der Waals surface area (Å²) in [6.07, 6.45) is 1.86. The van der Waals surface area contributed by atoms with E-state index >= 15 is 0 Å². The van der Waals surface area contributed by atoms with Gasteiger partial charge in [-0.25, -0.2) is 0 Å². The van der Waals surface area contributed by atoms with Crippen LogP contribution in [0.2, 0.25) is 0 Å². The predicted octanol–water partition coefficient (Wildman–Crippen LogP) is 4.42. The molecular formula is C23H21N3O5. The fraction of sp³-hybridized carbons (Fsp3) is 0.217. The summed E-state index contributed by atoms with van der Waals surface area (Å²) in [5, 5.41) is 7.95. The van der Waals surface area contributed by atoms with Gasteiger partial charge in [0.1, 0.15) is 23.5 Å². The van der Waals surface area contributed by atoms with Crippen molar-refractivity contribution in [3.05, 3.63) is 77.9 Å². The fourth-order valence-electron chi connectivity index (χ4n) is 3.19. The summed E-state index contributed by atoms with van der Waals surface area (Å²) in [5.74, 6) is 2.18. The number of methoxy groups -OCH3 is 1. The smallest absolute Gasteiger partial charge is 0.258 e. The number of hydrogen-bond donors (Lipinski definition) is 0. The summed E-state index contributed by atoms with van der Waals surface area (Å²) in [6, 6.07) is 16.6. The molecule has 2 aromatic carbocycles. The van der Waals surface area contributed by atoms with Gasteiger partial charge in [0.05, 0.1) is 12.8 Å². The average molecular weight is 419 g/mol. The van der Waals surface area contributed by atoms with Crippen molar-refractivity contribution < 1.29 is 23.3 Å². The van der Waals surface area contributed by atoms with E-state index in [1.165, 1.54) is 6.26 Å². The number of aromatic nitrogens is 3. The molecule has 2 heterocycles. The Kier molecular flexibility index (Phi) is 6.07. The molecule has 4 aromatic rings. The highest BCUT2D eigenvalue weighted by atomic mass is 16.5. The number of rotatable bonds is 9. The second kappa shape index (κ2) is 9.25. The second-order valence-electron chi connectivity index (χ2n) is 6.99. The van der Waals surface area contributed by atoms with Gasteiger partial charge < -0.3 is 18.5 Å². The van der Waals surface area contributed by atoms with Gasteiger partial charge in [-0.05, 0) is 48.9 Å².